The smallest absolute Gasteiger partial charge is 0.323 e. The fraction of sp³-hybridized carbons (Fsp3) is 0.409. The number of anilines is 1. The van der Waals surface area contributed by atoms with Crippen molar-refractivity contribution in [2.45, 2.75) is 45.6 Å². The van der Waals surface area contributed by atoms with E-state index in [-0.39, 0.29) is 6.03 Å². The van der Waals surface area contributed by atoms with Gasteiger partial charge in [-0.05, 0) is 30.5 Å². The minimum absolute atomic E-state index is 0.179. The van der Waals surface area contributed by atoms with Crippen LogP contribution in [0, 0.1) is 24.2 Å². The fourth-order valence-corrected chi connectivity index (χ4v) is 4.83. The highest BCUT2D eigenvalue weighted by molar-refractivity contribution is 7.16. The largest absolute Gasteiger partial charge is 0.334 e. The van der Waals surface area contributed by atoms with Crippen molar-refractivity contribution in [2.24, 2.45) is 5.92 Å². The Bertz CT molecular complexity index is 877. The summed E-state index contributed by atoms with van der Waals surface area (Å²) in [5.41, 5.74) is 2.38. The first-order chi connectivity index (χ1) is 13.6. The maximum absolute atomic E-state index is 12.8. The number of nitrogens with zero attached hydrogens (tertiary/aromatic N) is 3. The van der Waals surface area contributed by atoms with Gasteiger partial charge in [-0.15, -0.1) is 17.9 Å². The van der Waals surface area contributed by atoms with Crippen LogP contribution in [0.15, 0.2) is 36.9 Å². The molecule has 1 heterocycles. The van der Waals surface area contributed by atoms with Crippen molar-refractivity contribution in [1.29, 1.82) is 5.26 Å². The number of rotatable bonds is 7. The first kappa shape index (κ1) is 20.1. The molecule has 0 spiro atoms. The standard InChI is InChI=1S/C22H26N4OS/c1-3-11-24-22(27)26(15-19-10-6-9-18(12-19)14-23)21-16(2)25-20(28-21)13-17-7-4-5-8-17/h3,6,9-10,12,17H,1,4-5,7-8,11,13,15H2,2H3,(H,24,27). The Morgan fingerprint density at radius 1 is 1.46 bits per heavy atom. The lowest BCUT2D eigenvalue weighted by molar-refractivity contribution is 0.247. The lowest BCUT2D eigenvalue weighted by Crippen LogP contribution is -2.39. The second kappa shape index (κ2) is 9.52. The number of hydrogen-bond acceptors (Lipinski definition) is 4. The van der Waals surface area contributed by atoms with Crippen LogP contribution in [0.2, 0.25) is 0 Å². The molecule has 146 valence electrons. The molecule has 0 aliphatic heterocycles. The Kier molecular flexibility index (Phi) is 6.83. The van der Waals surface area contributed by atoms with Crippen molar-refractivity contribution in [2.75, 3.05) is 11.4 Å². The molecular formula is C22H26N4OS. The normalized spacial score (nSPS) is 13.9. The van der Waals surface area contributed by atoms with E-state index in [2.05, 4.69) is 18.0 Å². The highest BCUT2D eigenvalue weighted by Gasteiger charge is 2.23. The van der Waals surface area contributed by atoms with Gasteiger partial charge in [-0.3, -0.25) is 4.90 Å². The van der Waals surface area contributed by atoms with E-state index in [1.54, 1.807) is 28.4 Å². The van der Waals surface area contributed by atoms with Crippen molar-refractivity contribution in [3.8, 4) is 6.07 Å². The van der Waals surface area contributed by atoms with Crippen molar-refractivity contribution in [3.63, 3.8) is 0 Å². The van der Waals surface area contributed by atoms with Crippen LogP contribution in [-0.2, 0) is 13.0 Å². The molecule has 1 N–H and O–H groups in total. The summed E-state index contributed by atoms with van der Waals surface area (Å²) in [7, 11) is 0. The number of hydrogen-bond donors (Lipinski definition) is 1. The zero-order valence-electron chi connectivity index (χ0n) is 16.3. The van der Waals surface area contributed by atoms with E-state index >= 15 is 0 Å². The van der Waals surface area contributed by atoms with E-state index < -0.39 is 0 Å². The van der Waals surface area contributed by atoms with E-state index in [1.165, 1.54) is 25.7 Å². The number of nitriles is 1. The monoisotopic (exact) mass is 394 g/mol. The Morgan fingerprint density at radius 3 is 2.96 bits per heavy atom. The predicted molar refractivity (Wildman–Crippen MR) is 113 cm³/mol. The van der Waals surface area contributed by atoms with Gasteiger partial charge in [0.05, 0.1) is 28.9 Å². The average Bonchev–Trinajstić information content (AvgIpc) is 3.34. The van der Waals surface area contributed by atoms with Crippen LogP contribution in [0.1, 0.15) is 47.5 Å². The Morgan fingerprint density at radius 2 is 2.25 bits per heavy atom. The van der Waals surface area contributed by atoms with Crippen LogP contribution < -0.4 is 10.2 Å². The molecule has 1 aromatic heterocycles. The second-order valence-corrected chi connectivity index (χ2v) is 8.29. The highest BCUT2D eigenvalue weighted by Crippen LogP contribution is 2.34. The van der Waals surface area contributed by atoms with Gasteiger partial charge < -0.3 is 5.32 Å². The van der Waals surface area contributed by atoms with Gasteiger partial charge in [-0.2, -0.15) is 5.26 Å². The molecule has 0 saturated heterocycles. The van der Waals surface area contributed by atoms with Crippen LogP contribution in [0.3, 0.4) is 0 Å². The summed E-state index contributed by atoms with van der Waals surface area (Å²) in [6.45, 7) is 6.43. The van der Waals surface area contributed by atoms with Crippen LogP contribution in [0.25, 0.3) is 0 Å². The second-order valence-electron chi connectivity index (χ2n) is 7.23. The zero-order chi connectivity index (χ0) is 19.9. The summed E-state index contributed by atoms with van der Waals surface area (Å²) < 4.78 is 0. The summed E-state index contributed by atoms with van der Waals surface area (Å²) >= 11 is 1.61. The third-order valence-corrected chi connectivity index (χ3v) is 6.24. The molecule has 1 aliphatic rings. The number of carbonyl (C=O) groups is 1. The molecular weight excluding hydrogens is 368 g/mol. The Labute approximate surface area is 170 Å². The summed E-state index contributed by atoms with van der Waals surface area (Å²) in [5, 5.41) is 14.0. The van der Waals surface area contributed by atoms with Gasteiger partial charge >= 0.3 is 6.03 Å². The van der Waals surface area contributed by atoms with E-state index in [9.17, 15) is 4.79 Å². The summed E-state index contributed by atoms with van der Waals surface area (Å²) in [6.07, 6.45) is 7.84. The van der Waals surface area contributed by atoms with Crippen LogP contribution in [0.4, 0.5) is 9.80 Å². The van der Waals surface area contributed by atoms with Crippen molar-refractivity contribution < 1.29 is 4.79 Å². The third kappa shape index (κ3) is 4.99. The molecule has 1 aromatic carbocycles. The third-order valence-electron chi connectivity index (χ3n) is 5.04. The molecule has 0 bridgehead atoms. The molecule has 3 rings (SSSR count). The number of amides is 2. The molecule has 2 aromatic rings. The van der Waals surface area contributed by atoms with Crippen molar-refractivity contribution in [3.05, 3.63) is 58.7 Å². The number of thiazole rings is 1. The van der Waals surface area contributed by atoms with E-state index in [0.29, 0.717) is 24.6 Å². The number of benzene rings is 1. The van der Waals surface area contributed by atoms with Crippen LogP contribution in [0.5, 0.6) is 0 Å². The van der Waals surface area contributed by atoms with Crippen molar-refractivity contribution >= 4 is 22.4 Å². The van der Waals surface area contributed by atoms with Crippen LogP contribution >= 0.6 is 11.3 Å². The SMILES string of the molecule is C=CCNC(=O)N(Cc1cccc(C#N)c1)c1sc(CC2CCCC2)nc1C. The molecule has 2 amide bonds. The van der Waals surface area contributed by atoms with Gasteiger partial charge in [0.25, 0.3) is 0 Å². The first-order valence-corrected chi connectivity index (χ1v) is 10.5. The molecule has 5 nitrogen and oxygen atoms in total. The van der Waals surface area contributed by atoms with Gasteiger partial charge in [-0.25, -0.2) is 9.78 Å². The minimum Gasteiger partial charge on any atom is -0.334 e. The van der Waals surface area contributed by atoms with Gasteiger partial charge in [0.2, 0.25) is 0 Å². The molecule has 0 atom stereocenters. The van der Waals surface area contributed by atoms with Crippen LogP contribution in [-0.4, -0.2) is 17.6 Å². The molecule has 6 heteroatoms. The molecule has 1 saturated carbocycles. The first-order valence-electron chi connectivity index (χ1n) is 9.72. The number of aryl methyl sites for hydroxylation is 1. The predicted octanol–water partition coefficient (Wildman–Crippen LogP) is 4.96. The summed E-state index contributed by atoms with van der Waals surface area (Å²) in [6, 6.07) is 9.35. The highest BCUT2D eigenvalue weighted by atomic mass is 32.1. The molecule has 0 radical (unpaired) electrons. The van der Waals surface area contributed by atoms with Gasteiger partial charge in [0.15, 0.2) is 0 Å². The number of aromatic nitrogens is 1. The molecule has 0 unspecified atom stereocenters. The number of carbonyl (C=O) groups excluding carboxylic acids is 1. The molecule has 1 aliphatic carbocycles. The Hall–Kier alpha value is -2.65. The molecule has 28 heavy (non-hydrogen) atoms. The zero-order valence-corrected chi connectivity index (χ0v) is 17.1. The van der Waals surface area contributed by atoms with E-state index in [4.69, 9.17) is 10.2 Å². The van der Waals surface area contributed by atoms with Gasteiger partial charge in [0.1, 0.15) is 5.00 Å². The van der Waals surface area contributed by atoms with Gasteiger partial charge in [0, 0.05) is 13.0 Å². The summed E-state index contributed by atoms with van der Waals surface area (Å²) in [4.78, 5) is 19.3. The maximum Gasteiger partial charge on any atom is 0.323 e. The maximum atomic E-state index is 12.8. The quantitative estimate of drug-likeness (QED) is 0.675. The fourth-order valence-electron chi connectivity index (χ4n) is 3.65. The van der Waals surface area contributed by atoms with E-state index in [1.807, 2.05) is 25.1 Å². The van der Waals surface area contributed by atoms with Gasteiger partial charge in [-0.1, -0.05) is 43.9 Å². The summed E-state index contributed by atoms with van der Waals surface area (Å²) in [5.74, 6) is 0.716. The van der Waals surface area contributed by atoms with Crippen molar-refractivity contribution in [1.82, 2.24) is 10.3 Å². The topological polar surface area (TPSA) is 69.0 Å². The van der Waals surface area contributed by atoms with E-state index in [0.717, 1.165) is 27.7 Å². The molecule has 1 fully saturated rings. The minimum atomic E-state index is -0.179. The lowest BCUT2D eigenvalue weighted by Gasteiger charge is -2.22. The number of nitrogens with one attached hydrogen (secondary N) is 1. The lowest BCUT2D eigenvalue weighted by atomic mass is 10.1. The Balaban J connectivity index is 1.85. The number of urea groups is 1. The average molecular weight is 395 g/mol.